The molecule has 7 heteroatoms. The van der Waals surface area contributed by atoms with Crippen LogP contribution in [-0.2, 0) is 16.1 Å². The molecule has 178 valence electrons. The minimum Gasteiger partial charge on any atom is -0.374 e. The zero-order chi connectivity index (χ0) is 22.3. The normalized spacial score (nSPS) is 24.8. The van der Waals surface area contributed by atoms with Crippen LogP contribution >= 0.6 is 0 Å². The molecule has 0 saturated carbocycles. The Hall–Kier alpha value is -1.51. The lowest BCUT2D eigenvalue weighted by Gasteiger charge is -2.40. The number of piperazine rings is 2. The van der Waals surface area contributed by atoms with Gasteiger partial charge in [-0.15, -0.1) is 0 Å². The highest BCUT2D eigenvalue weighted by Crippen LogP contribution is 2.13. The van der Waals surface area contributed by atoms with Crippen molar-refractivity contribution >= 4 is 5.91 Å². The number of ether oxygens (including phenoxy) is 1. The first-order valence-corrected chi connectivity index (χ1v) is 12.4. The molecule has 0 radical (unpaired) electrons. The summed E-state index contributed by atoms with van der Waals surface area (Å²) in [6, 6.07) is 11.2. The Balaban J connectivity index is 1.13. The highest BCUT2D eigenvalue weighted by molar-refractivity contribution is 5.78. The molecule has 7 nitrogen and oxygen atoms in total. The highest BCUT2D eigenvalue weighted by Gasteiger charge is 2.28. The summed E-state index contributed by atoms with van der Waals surface area (Å²) in [5.74, 6) is 0.293. The summed E-state index contributed by atoms with van der Waals surface area (Å²) in [4.78, 5) is 24.7. The fourth-order valence-corrected chi connectivity index (χ4v) is 5.03. The molecule has 0 spiro atoms. The van der Waals surface area contributed by atoms with Gasteiger partial charge in [0, 0.05) is 84.6 Å². The Morgan fingerprint density at radius 1 is 0.906 bits per heavy atom. The Morgan fingerprint density at radius 3 is 2.25 bits per heavy atom. The third kappa shape index (κ3) is 6.75. The number of rotatable bonds is 7. The van der Waals surface area contributed by atoms with Gasteiger partial charge in [0.25, 0.3) is 0 Å². The van der Waals surface area contributed by atoms with Gasteiger partial charge in [-0.1, -0.05) is 30.3 Å². The molecular weight excluding hydrogens is 402 g/mol. The van der Waals surface area contributed by atoms with Crippen molar-refractivity contribution in [1.82, 2.24) is 24.5 Å². The second kappa shape index (κ2) is 11.6. The standard InChI is InChI=1S/C25H41N5O2/c1-22(2)30-16-17-32-24(20-30)19-27-8-10-28(11-9-27)21-25(31)29-14-12-26(13-15-29)18-23-6-4-3-5-7-23/h3-7,22,24H,8-21H2,1-2H3. The average molecular weight is 444 g/mol. The van der Waals surface area contributed by atoms with E-state index in [0.717, 1.165) is 85.1 Å². The summed E-state index contributed by atoms with van der Waals surface area (Å²) in [5, 5.41) is 0. The van der Waals surface area contributed by atoms with Gasteiger partial charge in [0.2, 0.25) is 5.91 Å². The van der Waals surface area contributed by atoms with Gasteiger partial charge in [0.15, 0.2) is 0 Å². The van der Waals surface area contributed by atoms with E-state index in [4.69, 9.17) is 4.74 Å². The Kier molecular flexibility index (Phi) is 8.55. The van der Waals surface area contributed by atoms with Crippen LogP contribution in [0.15, 0.2) is 30.3 Å². The van der Waals surface area contributed by atoms with Crippen LogP contribution in [0, 0.1) is 0 Å². The van der Waals surface area contributed by atoms with Crippen molar-refractivity contribution in [3.05, 3.63) is 35.9 Å². The second-order valence-electron chi connectivity index (χ2n) is 9.80. The molecule has 1 amide bonds. The van der Waals surface area contributed by atoms with E-state index in [9.17, 15) is 4.79 Å². The summed E-state index contributed by atoms with van der Waals surface area (Å²) >= 11 is 0. The van der Waals surface area contributed by atoms with Crippen molar-refractivity contribution < 1.29 is 9.53 Å². The summed E-state index contributed by atoms with van der Waals surface area (Å²) in [6.07, 6.45) is 0.312. The zero-order valence-corrected chi connectivity index (χ0v) is 20.0. The Labute approximate surface area is 193 Å². The van der Waals surface area contributed by atoms with E-state index in [0.29, 0.717) is 24.6 Å². The number of amides is 1. The highest BCUT2D eigenvalue weighted by atomic mass is 16.5. The molecule has 0 aliphatic carbocycles. The predicted octanol–water partition coefficient (Wildman–Crippen LogP) is 1.06. The summed E-state index contributed by atoms with van der Waals surface area (Å²) in [7, 11) is 0. The number of hydrogen-bond acceptors (Lipinski definition) is 6. The second-order valence-corrected chi connectivity index (χ2v) is 9.80. The van der Waals surface area contributed by atoms with Crippen LogP contribution in [-0.4, -0.2) is 128 Å². The molecule has 1 unspecified atom stereocenters. The Bertz CT molecular complexity index is 700. The number of carbonyl (C=O) groups is 1. The van der Waals surface area contributed by atoms with Crippen LogP contribution in [0.2, 0.25) is 0 Å². The number of carbonyl (C=O) groups excluding carboxylic acids is 1. The molecule has 3 aliphatic rings. The molecule has 3 fully saturated rings. The molecule has 0 N–H and O–H groups in total. The fraction of sp³-hybridized carbons (Fsp3) is 0.720. The quantitative estimate of drug-likeness (QED) is 0.628. The van der Waals surface area contributed by atoms with Crippen molar-refractivity contribution in [2.75, 3.05) is 85.1 Å². The molecular formula is C25H41N5O2. The van der Waals surface area contributed by atoms with Gasteiger partial charge in [-0.3, -0.25) is 24.4 Å². The van der Waals surface area contributed by atoms with Crippen molar-refractivity contribution in [2.24, 2.45) is 0 Å². The van der Waals surface area contributed by atoms with E-state index >= 15 is 0 Å². The molecule has 1 aromatic carbocycles. The maximum Gasteiger partial charge on any atom is 0.236 e. The molecule has 0 aromatic heterocycles. The van der Waals surface area contributed by atoms with Crippen LogP contribution in [0.4, 0.5) is 0 Å². The van der Waals surface area contributed by atoms with Gasteiger partial charge in [-0.05, 0) is 19.4 Å². The fourth-order valence-electron chi connectivity index (χ4n) is 5.03. The third-order valence-corrected chi connectivity index (χ3v) is 7.16. The van der Waals surface area contributed by atoms with E-state index in [1.165, 1.54) is 5.56 Å². The van der Waals surface area contributed by atoms with Gasteiger partial charge < -0.3 is 9.64 Å². The van der Waals surface area contributed by atoms with Gasteiger partial charge in [-0.25, -0.2) is 0 Å². The number of benzene rings is 1. The maximum absolute atomic E-state index is 12.9. The van der Waals surface area contributed by atoms with E-state index in [2.05, 4.69) is 68.7 Å². The Morgan fingerprint density at radius 2 is 1.56 bits per heavy atom. The minimum absolute atomic E-state index is 0.293. The molecule has 1 atom stereocenters. The first kappa shape index (κ1) is 23.6. The predicted molar refractivity (Wildman–Crippen MR) is 128 cm³/mol. The lowest BCUT2D eigenvalue weighted by molar-refractivity contribution is -0.134. The summed E-state index contributed by atoms with van der Waals surface area (Å²) < 4.78 is 6.02. The summed E-state index contributed by atoms with van der Waals surface area (Å²) in [6.45, 7) is 17.6. The number of morpholine rings is 1. The molecule has 3 aliphatic heterocycles. The van der Waals surface area contributed by atoms with E-state index in [-0.39, 0.29) is 0 Å². The lowest BCUT2D eigenvalue weighted by Crippen LogP contribution is -2.55. The van der Waals surface area contributed by atoms with E-state index in [1.807, 2.05) is 0 Å². The monoisotopic (exact) mass is 443 g/mol. The molecule has 4 rings (SSSR count). The SMILES string of the molecule is CC(C)N1CCOC(CN2CCN(CC(=O)N3CCN(Cc4ccccc4)CC3)CC2)C1. The molecule has 1 aromatic rings. The van der Waals surface area contributed by atoms with Crippen molar-refractivity contribution in [3.63, 3.8) is 0 Å². The largest absolute Gasteiger partial charge is 0.374 e. The topological polar surface area (TPSA) is 42.5 Å². The van der Waals surface area contributed by atoms with Crippen molar-refractivity contribution in [1.29, 1.82) is 0 Å². The van der Waals surface area contributed by atoms with Gasteiger partial charge >= 0.3 is 0 Å². The van der Waals surface area contributed by atoms with Crippen LogP contribution in [0.1, 0.15) is 19.4 Å². The van der Waals surface area contributed by atoms with E-state index < -0.39 is 0 Å². The van der Waals surface area contributed by atoms with Gasteiger partial charge in [0.1, 0.15) is 0 Å². The molecule has 0 bridgehead atoms. The first-order valence-electron chi connectivity index (χ1n) is 12.4. The van der Waals surface area contributed by atoms with Crippen molar-refractivity contribution in [2.45, 2.75) is 32.5 Å². The van der Waals surface area contributed by atoms with Crippen LogP contribution in [0.25, 0.3) is 0 Å². The van der Waals surface area contributed by atoms with Crippen LogP contribution < -0.4 is 0 Å². The van der Waals surface area contributed by atoms with Gasteiger partial charge in [0.05, 0.1) is 19.3 Å². The third-order valence-electron chi connectivity index (χ3n) is 7.16. The lowest BCUT2D eigenvalue weighted by atomic mass is 10.2. The minimum atomic E-state index is 0.293. The van der Waals surface area contributed by atoms with Gasteiger partial charge in [-0.2, -0.15) is 0 Å². The molecule has 32 heavy (non-hydrogen) atoms. The van der Waals surface area contributed by atoms with E-state index in [1.54, 1.807) is 0 Å². The first-order chi connectivity index (χ1) is 15.6. The molecule has 3 heterocycles. The van der Waals surface area contributed by atoms with Crippen LogP contribution in [0.5, 0.6) is 0 Å². The maximum atomic E-state index is 12.9. The average Bonchev–Trinajstić information content (AvgIpc) is 2.82. The summed E-state index contributed by atoms with van der Waals surface area (Å²) in [5.41, 5.74) is 1.35. The van der Waals surface area contributed by atoms with Crippen LogP contribution in [0.3, 0.4) is 0 Å². The number of nitrogens with zero attached hydrogens (tertiary/aromatic N) is 5. The van der Waals surface area contributed by atoms with Crippen molar-refractivity contribution in [3.8, 4) is 0 Å². The molecule has 3 saturated heterocycles. The number of hydrogen-bond donors (Lipinski definition) is 0. The smallest absolute Gasteiger partial charge is 0.236 e. The zero-order valence-electron chi connectivity index (χ0n) is 20.0.